The van der Waals surface area contributed by atoms with Crippen molar-refractivity contribution in [3.8, 4) is 5.88 Å². The zero-order valence-corrected chi connectivity index (χ0v) is 16.7. The van der Waals surface area contributed by atoms with Gasteiger partial charge in [0.2, 0.25) is 11.8 Å². The molecule has 0 spiro atoms. The fourth-order valence-electron chi connectivity index (χ4n) is 3.74. The van der Waals surface area contributed by atoms with Gasteiger partial charge in [-0.2, -0.15) is 0 Å². The van der Waals surface area contributed by atoms with Crippen LogP contribution < -0.4 is 10.1 Å². The van der Waals surface area contributed by atoms with Crippen molar-refractivity contribution in [3.63, 3.8) is 0 Å². The number of aromatic nitrogens is 1. The SMILES string of the molecule is COc1nc2c(cc1CNC(=O)CN(C)C(C)C)C(=O)N(C1CCCC1)C2. The van der Waals surface area contributed by atoms with Crippen molar-refractivity contribution >= 4 is 11.8 Å². The summed E-state index contributed by atoms with van der Waals surface area (Å²) in [5, 5.41) is 2.91. The number of fused-ring (bicyclic) bond motifs is 1. The van der Waals surface area contributed by atoms with E-state index in [1.54, 1.807) is 7.11 Å². The molecule has 2 aliphatic rings. The van der Waals surface area contributed by atoms with E-state index in [0.29, 0.717) is 43.2 Å². The van der Waals surface area contributed by atoms with Crippen molar-refractivity contribution in [2.24, 2.45) is 0 Å². The standard InChI is InChI=1S/C20H30N4O3/c1-13(2)23(3)12-18(25)21-10-14-9-16-17(22-19(14)27-4)11-24(20(16)26)15-7-5-6-8-15/h9,13,15H,5-8,10-12H2,1-4H3,(H,21,25). The van der Waals surface area contributed by atoms with E-state index >= 15 is 0 Å². The maximum Gasteiger partial charge on any atom is 0.256 e. The molecular formula is C20H30N4O3. The molecule has 0 saturated heterocycles. The van der Waals surface area contributed by atoms with Gasteiger partial charge in [0.05, 0.1) is 31.5 Å². The minimum atomic E-state index is -0.0624. The number of likely N-dealkylation sites (N-methyl/N-ethyl adjacent to an activating group) is 1. The summed E-state index contributed by atoms with van der Waals surface area (Å²) in [5.41, 5.74) is 2.16. The minimum absolute atomic E-state index is 0.0548. The summed E-state index contributed by atoms with van der Waals surface area (Å²) in [5.74, 6) is 0.471. The zero-order chi connectivity index (χ0) is 19.6. The first kappa shape index (κ1) is 19.6. The summed E-state index contributed by atoms with van der Waals surface area (Å²) in [4.78, 5) is 33.5. The van der Waals surface area contributed by atoms with E-state index in [1.807, 2.05) is 36.8 Å². The molecule has 0 radical (unpaired) electrons. The molecule has 1 aliphatic carbocycles. The Bertz CT molecular complexity index is 713. The largest absolute Gasteiger partial charge is 0.481 e. The van der Waals surface area contributed by atoms with Crippen LogP contribution in [0, 0.1) is 0 Å². The van der Waals surface area contributed by atoms with E-state index in [1.165, 1.54) is 12.8 Å². The van der Waals surface area contributed by atoms with Gasteiger partial charge in [-0.15, -0.1) is 0 Å². The lowest BCUT2D eigenvalue weighted by Crippen LogP contribution is -2.38. The molecule has 27 heavy (non-hydrogen) atoms. The fourth-order valence-corrected chi connectivity index (χ4v) is 3.74. The number of hydrogen-bond acceptors (Lipinski definition) is 5. The monoisotopic (exact) mass is 374 g/mol. The van der Waals surface area contributed by atoms with Crippen molar-refractivity contribution in [1.82, 2.24) is 20.1 Å². The molecule has 7 heteroatoms. The number of methoxy groups -OCH3 is 1. The Balaban J connectivity index is 1.71. The predicted octanol–water partition coefficient (Wildman–Crippen LogP) is 1.94. The highest BCUT2D eigenvalue weighted by atomic mass is 16.5. The normalized spacial score (nSPS) is 17.1. The number of carbonyl (C=O) groups is 2. The molecule has 1 aromatic rings. The second-order valence-corrected chi connectivity index (χ2v) is 7.81. The number of pyridine rings is 1. The third-order valence-electron chi connectivity index (χ3n) is 5.66. The highest BCUT2D eigenvalue weighted by Gasteiger charge is 2.35. The molecule has 1 saturated carbocycles. The summed E-state index contributed by atoms with van der Waals surface area (Å²) < 4.78 is 5.42. The van der Waals surface area contributed by atoms with Crippen molar-refractivity contribution in [2.75, 3.05) is 20.7 Å². The molecule has 2 heterocycles. The van der Waals surface area contributed by atoms with Crippen LogP contribution in [-0.2, 0) is 17.9 Å². The molecule has 1 fully saturated rings. The Kier molecular flexibility index (Phi) is 5.99. The second kappa shape index (κ2) is 8.25. The molecule has 3 rings (SSSR count). The van der Waals surface area contributed by atoms with E-state index in [-0.39, 0.29) is 11.8 Å². The van der Waals surface area contributed by atoms with Gasteiger partial charge in [0.1, 0.15) is 0 Å². The highest BCUT2D eigenvalue weighted by Crippen LogP contribution is 2.33. The highest BCUT2D eigenvalue weighted by molar-refractivity contribution is 5.98. The summed E-state index contributed by atoms with van der Waals surface area (Å²) in [6, 6.07) is 2.46. The molecular weight excluding hydrogens is 344 g/mol. The van der Waals surface area contributed by atoms with Crippen LogP contribution >= 0.6 is 0 Å². The minimum Gasteiger partial charge on any atom is -0.481 e. The van der Waals surface area contributed by atoms with E-state index in [4.69, 9.17) is 4.74 Å². The second-order valence-electron chi connectivity index (χ2n) is 7.81. The van der Waals surface area contributed by atoms with Gasteiger partial charge in [0, 0.05) is 24.2 Å². The van der Waals surface area contributed by atoms with Crippen LogP contribution in [0.3, 0.4) is 0 Å². The number of hydrogen-bond donors (Lipinski definition) is 1. The molecule has 0 unspecified atom stereocenters. The van der Waals surface area contributed by atoms with Gasteiger partial charge in [-0.05, 0) is 39.8 Å². The summed E-state index contributed by atoms with van der Waals surface area (Å²) >= 11 is 0. The number of amides is 2. The third-order valence-corrected chi connectivity index (χ3v) is 5.66. The number of nitrogens with one attached hydrogen (secondary N) is 1. The number of nitrogens with zero attached hydrogens (tertiary/aromatic N) is 3. The molecule has 0 aromatic carbocycles. The predicted molar refractivity (Wildman–Crippen MR) is 103 cm³/mol. The van der Waals surface area contributed by atoms with E-state index in [9.17, 15) is 9.59 Å². The van der Waals surface area contributed by atoms with Crippen molar-refractivity contribution in [3.05, 3.63) is 22.9 Å². The number of carbonyl (C=O) groups excluding carboxylic acids is 2. The lowest BCUT2D eigenvalue weighted by atomic mass is 10.1. The molecule has 0 bridgehead atoms. The lowest BCUT2D eigenvalue weighted by molar-refractivity contribution is -0.122. The zero-order valence-electron chi connectivity index (χ0n) is 16.7. The Labute approximate surface area is 161 Å². The van der Waals surface area contributed by atoms with Crippen molar-refractivity contribution in [2.45, 2.75) is 64.7 Å². The maximum atomic E-state index is 12.8. The van der Waals surface area contributed by atoms with Crippen LogP contribution in [0.5, 0.6) is 5.88 Å². The molecule has 0 atom stereocenters. The van der Waals surface area contributed by atoms with E-state index in [2.05, 4.69) is 10.3 Å². The summed E-state index contributed by atoms with van der Waals surface area (Å²) in [7, 11) is 3.48. The molecule has 7 nitrogen and oxygen atoms in total. The number of rotatable bonds is 7. The topological polar surface area (TPSA) is 74.8 Å². The van der Waals surface area contributed by atoms with Gasteiger partial charge >= 0.3 is 0 Å². The van der Waals surface area contributed by atoms with Crippen molar-refractivity contribution in [1.29, 1.82) is 0 Å². The smallest absolute Gasteiger partial charge is 0.256 e. The van der Waals surface area contributed by atoms with E-state index in [0.717, 1.165) is 24.1 Å². The molecule has 148 valence electrons. The van der Waals surface area contributed by atoms with E-state index < -0.39 is 0 Å². The average molecular weight is 374 g/mol. The van der Waals surface area contributed by atoms with Crippen molar-refractivity contribution < 1.29 is 14.3 Å². The van der Waals surface area contributed by atoms with Crippen LogP contribution in [-0.4, -0.2) is 59.4 Å². The van der Waals surface area contributed by atoms with Crippen LogP contribution in [0.1, 0.15) is 61.1 Å². The average Bonchev–Trinajstić information content (AvgIpc) is 3.27. The molecule has 1 aliphatic heterocycles. The van der Waals surface area contributed by atoms with Gasteiger partial charge in [0.15, 0.2) is 0 Å². The summed E-state index contributed by atoms with van der Waals surface area (Å²) in [6.07, 6.45) is 4.51. The Morgan fingerprint density at radius 3 is 2.74 bits per heavy atom. The Morgan fingerprint density at radius 2 is 2.11 bits per heavy atom. The van der Waals surface area contributed by atoms with Gasteiger partial charge < -0.3 is 15.0 Å². The van der Waals surface area contributed by atoms with Gasteiger partial charge in [0.25, 0.3) is 5.91 Å². The van der Waals surface area contributed by atoms with Crippen LogP contribution in [0.4, 0.5) is 0 Å². The van der Waals surface area contributed by atoms with Crippen LogP contribution in [0.2, 0.25) is 0 Å². The molecule has 1 N–H and O–H groups in total. The molecule has 2 amide bonds. The van der Waals surface area contributed by atoms with Crippen LogP contribution in [0.15, 0.2) is 6.07 Å². The first-order chi connectivity index (χ1) is 12.9. The third kappa shape index (κ3) is 4.24. The summed E-state index contributed by atoms with van der Waals surface area (Å²) in [6.45, 7) is 5.27. The molecule has 1 aromatic heterocycles. The van der Waals surface area contributed by atoms with Gasteiger partial charge in [-0.1, -0.05) is 12.8 Å². The van der Waals surface area contributed by atoms with Gasteiger partial charge in [-0.25, -0.2) is 4.98 Å². The number of ether oxygens (including phenoxy) is 1. The quantitative estimate of drug-likeness (QED) is 0.790. The van der Waals surface area contributed by atoms with Gasteiger partial charge in [-0.3, -0.25) is 14.5 Å². The maximum absolute atomic E-state index is 12.8. The lowest BCUT2D eigenvalue weighted by Gasteiger charge is -2.22. The first-order valence-electron chi connectivity index (χ1n) is 9.75. The Hall–Kier alpha value is -2.15. The van der Waals surface area contributed by atoms with Crippen LogP contribution in [0.25, 0.3) is 0 Å². The first-order valence-corrected chi connectivity index (χ1v) is 9.75. The fraction of sp³-hybridized carbons (Fsp3) is 0.650. The Morgan fingerprint density at radius 1 is 1.41 bits per heavy atom.